The molecule has 1 saturated heterocycles. The van der Waals surface area contributed by atoms with Gasteiger partial charge >= 0.3 is 0 Å². The molecule has 7 heteroatoms. The third-order valence-electron chi connectivity index (χ3n) is 5.32. The highest BCUT2D eigenvalue weighted by molar-refractivity contribution is 6.03. The maximum Gasteiger partial charge on any atom is 0.291 e. The van der Waals surface area contributed by atoms with Crippen molar-refractivity contribution in [3.05, 3.63) is 84.1 Å². The lowest BCUT2D eigenvalue weighted by Crippen LogP contribution is -2.44. The summed E-state index contributed by atoms with van der Waals surface area (Å²) in [5, 5.41) is 5.68. The predicted molar refractivity (Wildman–Crippen MR) is 110 cm³/mol. The Labute approximate surface area is 173 Å². The summed E-state index contributed by atoms with van der Waals surface area (Å²) < 4.78 is 23.9. The number of benzene rings is 2. The molecule has 1 aromatic heterocycles. The molecule has 3 aromatic rings. The summed E-state index contributed by atoms with van der Waals surface area (Å²) in [5.41, 5.74) is 1.17. The van der Waals surface area contributed by atoms with Crippen LogP contribution in [0.4, 0.5) is 15.8 Å². The summed E-state index contributed by atoms with van der Waals surface area (Å²) in [6, 6.07) is 16.1. The minimum Gasteiger partial charge on any atom is -0.459 e. The van der Waals surface area contributed by atoms with E-state index in [1.54, 1.807) is 48.5 Å². The molecule has 0 bridgehead atoms. The van der Waals surface area contributed by atoms with E-state index in [4.69, 9.17) is 9.15 Å². The van der Waals surface area contributed by atoms with E-state index in [9.17, 15) is 14.0 Å². The Morgan fingerprint density at radius 2 is 1.50 bits per heavy atom. The van der Waals surface area contributed by atoms with Crippen LogP contribution in [0.15, 0.2) is 71.3 Å². The van der Waals surface area contributed by atoms with Crippen molar-refractivity contribution in [2.75, 3.05) is 23.8 Å². The zero-order chi connectivity index (χ0) is 21.0. The molecule has 1 aliphatic rings. The number of halogens is 1. The average molecular weight is 408 g/mol. The Bertz CT molecular complexity index is 1010. The van der Waals surface area contributed by atoms with E-state index in [0.29, 0.717) is 37.4 Å². The lowest BCUT2D eigenvalue weighted by molar-refractivity contribution is -0.125. The number of hydrogen-bond acceptors (Lipinski definition) is 4. The van der Waals surface area contributed by atoms with Crippen molar-refractivity contribution in [2.24, 2.45) is 0 Å². The molecule has 0 spiro atoms. The van der Waals surface area contributed by atoms with Gasteiger partial charge in [0, 0.05) is 24.6 Å². The smallest absolute Gasteiger partial charge is 0.291 e. The van der Waals surface area contributed by atoms with Crippen LogP contribution < -0.4 is 10.6 Å². The van der Waals surface area contributed by atoms with Gasteiger partial charge in [-0.15, -0.1) is 0 Å². The Balaban J connectivity index is 1.48. The third kappa shape index (κ3) is 4.11. The number of rotatable bonds is 5. The van der Waals surface area contributed by atoms with Crippen molar-refractivity contribution in [3.63, 3.8) is 0 Å². The summed E-state index contributed by atoms with van der Waals surface area (Å²) in [6.45, 7) is 0.922. The second kappa shape index (κ2) is 8.51. The zero-order valence-electron chi connectivity index (χ0n) is 16.2. The van der Waals surface area contributed by atoms with Gasteiger partial charge in [-0.2, -0.15) is 0 Å². The number of nitrogens with one attached hydrogen (secondary N) is 2. The molecule has 0 atom stereocenters. The van der Waals surface area contributed by atoms with Crippen LogP contribution in [-0.4, -0.2) is 25.0 Å². The molecule has 0 radical (unpaired) electrons. The van der Waals surface area contributed by atoms with E-state index >= 15 is 0 Å². The standard InChI is InChI=1S/C23H21FN2O4/c24-17-5-3-16(4-6-17)23(11-14-29-15-12-23)22(28)26-19-9-7-18(8-10-19)25-21(27)20-2-1-13-30-20/h1-10,13H,11-12,14-15H2,(H,25,27)(H,26,28). The van der Waals surface area contributed by atoms with Gasteiger partial charge in [0.25, 0.3) is 5.91 Å². The molecule has 4 rings (SSSR count). The van der Waals surface area contributed by atoms with Crippen LogP contribution in [0.1, 0.15) is 29.0 Å². The largest absolute Gasteiger partial charge is 0.459 e. The fraction of sp³-hybridized carbons (Fsp3) is 0.217. The average Bonchev–Trinajstić information content (AvgIpc) is 3.31. The second-order valence-corrected chi connectivity index (χ2v) is 7.16. The third-order valence-corrected chi connectivity index (χ3v) is 5.32. The summed E-state index contributed by atoms with van der Waals surface area (Å²) in [4.78, 5) is 25.3. The van der Waals surface area contributed by atoms with Crippen LogP contribution in [0.25, 0.3) is 0 Å². The number of carbonyl (C=O) groups excluding carboxylic acids is 2. The van der Waals surface area contributed by atoms with Crippen LogP contribution in [0.5, 0.6) is 0 Å². The molecule has 1 aliphatic heterocycles. The maximum absolute atomic E-state index is 13.4. The molecule has 30 heavy (non-hydrogen) atoms. The lowest BCUT2D eigenvalue weighted by Gasteiger charge is -2.36. The highest BCUT2D eigenvalue weighted by Gasteiger charge is 2.41. The van der Waals surface area contributed by atoms with Gasteiger partial charge in [-0.1, -0.05) is 12.1 Å². The van der Waals surface area contributed by atoms with Crippen molar-refractivity contribution < 1.29 is 23.1 Å². The minimum atomic E-state index is -0.780. The summed E-state index contributed by atoms with van der Waals surface area (Å²) >= 11 is 0. The van der Waals surface area contributed by atoms with Crippen molar-refractivity contribution in [1.29, 1.82) is 0 Å². The molecule has 1 fully saturated rings. The number of furan rings is 1. The lowest BCUT2D eigenvalue weighted by atomic mass is 9.73. The summed E-state index contributed by atoms with van der Waals surface area (Å²) in [5.74, 6) is -0.638. The molecular weight excluding hydrogens is 387 g/mol. The van der Waals surface area contributed by atoms with E-state index < -0.39 is 5.41 Å². The monoisotopic (exact) mass is 408 g/mol. The van der Waals surface area contributed by atoms with Gasteiger partial charge in [-0.05, 0) is 66.9 Å². The Kier molecular flexibility index (Phi) is 5.63. The molecule has 2 aromatic carbocycles. The fourth-order valence-electron chi connectivity index (χ4n) is 3.62. The van der Waals surface area contributed by atoms with Crippen LogP contribution in [0.2, 0.25) is 0 Å². The van der Waals surface area contributed by atoms with E-state index in [1.165, 1.54) is 18.4 Å². The van der Waals surface area contributed by atoms with Gasteiger partial charge in [-0.25, -0.2) is 4.39 Å². The summed E-state index contributed by atoms with van der Waals surface area (Å²) in [7, 11) is 0. The van der Waals surface area contributed by atoms with Gasteiger partial charge in [0.15, 0.2) is 5.76 Å². The molecule has 2 heterocycles. The van der Waals surface area contributed by atoms with E-state index in [1.807, 2.05) is 0 Å². The van der Waals surface area contributed by atoms with Crippen molar-refractivity contribution in [2.45, 2.75) is 18.3 Å². The summed E-state index contributed by atoms with van der Waals surface area (Å²) in [6.07, 6.45) is 2.46. The van der Waals surface area contributed by atoms with Crippen molar-refractivity contribution >= 4 is 23.2 Å². The first-order valence-electron chi connectivity index (χ1n) is 9.67. The minimum absolute atomic E-state index is 0.162. The first-order valence-corrected chi connectivity index (χ1v) is 9.67. The second-order valence-electron chi connectivity index (χ2n) is 7.16. The molecule has 0 saturated carbocycles. The quantitative estimate of drug-likeness (QED) is 0.657. The Morgan fingerprint density at radius 3 is 2.10 bits per heavy atom. The van der Waals surface area contributed by atoms with Crippen molar-refractivity contribution in [1.82, 2.24) is 0 Å². The molecular formula is C23H21FN2O4. The molecule has 154 valence electrons. The first-order chi connectivity index (χ1) is 14.6. The maximum atomic E-state index is 13.4. The SMILES string of the molecule is O=C(Nc1ccc(NC(=O)C2(c3ccc(F)cc3)CCOCC2)cc1)c1ccco1. The first kappa shape index (κ1) is 19.8. The van der Waals surface area contributed by atoms with Gasteiger partial charge < -0.3 is 19.8 Å². The number of hydrogen-bond donors (Lipinski definition) is 2. The van der Waals surface area contributed by atoms with E-state index in [2.05, 4.69) is 10.6 Å². The van der Waals surface area contributed by atoms with Crippen LogP contribution in [-0.2, 0) is 14.9 Å². The molecule has 6 nitrogen and oxygen atoms in total. The van der Waals surface area contributed by atoms with E-state index in [-0.39, 0.29) is 23.4 Å². The van der Waals surface area contributed by atoms with Gasteiger partial charge in [0.05, 0.1) is 11.7 Å². The van der Waals surface area contributed by atoms with Gasteiger partial charge in [-0.3, -0.25) is 9.59 Å². The van der Waals surface area contributed by atoms with Gasteiger partial charge in [0.1, 0.15) is 5.82 Å². The normalized spacial score (nSPS) is 15.4. The predicted octanol–water partition coefficient (Wildman–Crippen LogP) is 4.36. The van der Waals surface area contributed by atoms with Crippen LogP contribution >= 0.6 is 0 Å². The zero-order valence-corrected chi connectivity index (χ0v) is 16.2. The molecule has 2 N–H and O–H groups in total. The Hall–Kier alpha value is -3.45. The number of amides is 2. The number of carbonyl (C=O) groups is 2. The van der Waals surface area contributed by atoms with Crippen molar-refractivity contribution in [3.8, 4) is 0 Å². The van der Waals surface area contributed by atoms with Crippen LogP contribution in [0, 0.1) is 5.82 Å². The number of anilines is 2. The highest BCUT2D eigenvalue weighted by atomic mass is 19.1. The Morgan fingerprint density at radius 1 is 0.867 bits per heavy atom. The van der Waals surface area contributed by atoms with E-state index in [0.717, 1.165) is 5.56 Å². The highest BCUT2D eigenvalue weighted by Crippen LogP contribution is 2.36. The topological polar surface area (TPSA) is 80.6 Å². The molecule has 2 amide bonds. The van der Waals surface area contributed by atoms with Gasteiger partial charge in [0.2, 0.25) is 5.91 Å². The molecule has 0 unspecified atom stereocenters. The number of ether oxygens (including phenoxy) is 1. The fourth-order valence-corrected chi connectivity index (χ4v) is 3.62. The van der Waals surface area contributed by atoms with Crippen LogP contribution in [0.3, 0.4) is 0 Å². The molecule has 0 aliphatic carbocycles.